The summed E-state index contributed by atoms with van der Waals surface area (Å²) in [5, 5.41) is 6.84. The van der Waals surface area contributed by atoms with Gasteiger partial charge in [0.05, 0.1) is 17.6 Å². The molecule has 1 aromatic carbocycles. The largest absolute Gasteiger partial charge is 0.366 e. The van der Waals surface area contributed by atoms with Crippen molar-refractivity contribution in [3.05, 3.63) is 30.1 Å². The van der Waals surface area contributed by atoms with E-state index >= 15 is 0 Å². The second-order valence-electron chi connectivity index (χ2n) is 7.66. The molecule has 28 heavy (non-hydrogen) atoms. The molecule has 6 nitrogen and oxygen atoms in total. The van der Waals surface area contributed by atoms with E-state index in [9.17, 15) is 9.18 Å². The summed E-state index contributed by atoms with van der Waals surface area (Å²) in [6.07, 6.45) is 1.06. The van der Waals surface area contributed by atoms with Gasteiger partial charge in [0.2, 0.25) is 5.91 Å². The van der Waals surface area contributed by atoms with Gasteiger partial charge in [0, 0.05) is 38.6 Å². The second kappa shape index (κ2) is 9.91. The third kappa shape index (κ3) is 5.17. The van der Waals surface area contributed by atoms with Crippen molar-refractivity contribution in [2.75, 3.05) is 43.4 Å². The van der Waals surface area contributed by atoms with Crippen LogP contribution in [0.4, 0.5) is 10.1 Å². The molecule has 4 N–H and O–H groups in total. The molecular weight excluding hydrogens is 377 g/mol. The number of carbonyl (C=O) groups is 1. The van der Waals surface area contributed by atoms with E-state index in [-0.39, 0.29) is 23.4 Å². The molecule has 2 fully saturated rings. The van der Waals surface area contributed by atoms with Gasteiger partial charge in [-0.3, -0.25) is 15.4 Å². The van der Waals surface area contributed by atoms with Crippen LogP contribution in [0.15, 0.2) is 24.3 Å². The Morgan fingerprint density at radius 2 is 2.04 bits per heavy atom. The number of nitrogens with zero attached hydrogens (tertiary/aromatic N) is 2. The van der Waals surface area contributed by atoms with E-state index in [0.717, 1.165) is 13.0 Å². The van der Waals surface area contributed by atoms with Crippen LogP contribution in [0, 0.1) is 17.7 Å². The molecule has 0 radical (unpaired) electrons. The molecule has 2 aliphatic rings. The Bertz CT molecular complexity index is 655. The summed E-state index contributed by atoms with van der Waals surface area (Å²) in [4.78, 5) is 16.5. The van der Waals surface area contributed by atoms with Crippen LogP contribution in [0.2, 0.25) is 0 Å². The number of nitrogens with one attached hydrogen (secondary N) is 2. The molecular formula is C20H32FN5OS. The maximum atomic E-state index is 13.9. The number of halogens is 1. The minimum atomic E-state index is -0.209. The highest BCUT2D eigenvalue weighted by atomic mass is 32.2. The summed E-state index contributed by atoms with van der Waals surface area (Å²) in [6, 6.07) is 6.80. The lowest BCUT2D eigenvalue weighted by atomic mass is 9.88. The Kier molecular flexibility index (Phi) is 7.56. The summed E-state index contributed by atoms with van der Waals surface area (Å²) in [5.74, 6) is 1.29. The van der Waals surface area contributed by atoms with Crippen LogP contribution in [0.5, 0.6) is 0 Å². The molecule has 4 unspecified atom stereocenters. The van der Waals surface area contributed by atoms with Gasteiger partial charge in [-0.15, -0.1) is 11.8 Å². The van der Waals surface area contributed by atoms with Crippen molar-refractivity contribution < 1.29 is 9.18 Å². The number of nitrogens with two attached hydrogens (primary N) is 1. The van der Waals surface area contributed by atoms with Crippen molar-refractivity contribution in [3.63, 3.8) is 0 Å². The molecule has 0 spiro atoms. The van der Waals surface area contributed by atoms with Crippen molar-refractivity contribution in [2.45, 2.75) is 31.9 Å². The van der Waals surface area contributed by atoms with Crippen LogP contribution in [-0.4, -0.2) is 60.9 Å². The quantitative estimate of drug-likeness (QED) is 0.663. The van der Waals surface area contributed by atoms with Crippen molar-refractivity contribution in [3.8, 4) is 0 Å². The Morgan fingerprint density at radius 3 is 2.68 bits per heavy atom. The third-order valence-electron chi connectivity index (χ3n) is 5.92. The minimum Gasteiger partial charge on any atom is -0.366 e. The van der Waals surface area contributed by atoms with E-state index in [1.165, 1.54) is 6.07 Å². The molecule has 4 atom stereocenters. The Labute approximate surface area is 171 Å². The third-order valence-corrected chi connectivity index (χ3v) is 6.97. The van der Waals surface area contributed by atoms with Crippen LogP contribution < -0.4 is 21.3 Å². The van der Waals surface area contributed by atoms with Crippen molar-refractivity contribution >= 4 is 23.4 Å². The van der Waals surface area contributed by atoms with Crippen molar-refractivity contribution in [2.24, 2.45) is 17.6 Å². The number of benzene rings is 1. The Hall–Kier alpha value is -1.35. The summed E-state index contributed by atoms with van der Waals surface area (Å²) in [5.41, 5.74) is 6.90. The molecule has 0 aromatic heterocycles. The first-order valence-corrected chi connectivity index (χ1v) is 11.2. The number of amides is 1. The van der Waals surface area contributed by atoms with E-state index in [2.05, 4.69) is 24.5 Å². The van der Waals surface area contributed by atoms with Crippen molar-refractivity contribution in [1.29, 1.82) is 0 Å². The Balaban J connectivity index is 1.41. The number of para-hydroxylation sites is 1. The van der Waals surface area contributed by atoms with Gasteiger partial charge in [-0.2, -0.15) is 0 Å². The predicted octanol–water partition coefficient (Wildman–Crippen LogP) is 1.63. The van der Waals surface area contributed by atoms with Crippen molar-refractivity contribution in [1.82, 2.24) is 15.5 Å². The van der Waals surface area contributed by atoms with E-state index in [4.69, 9.17) is 5.73 Å². The fourth-order valence-electron chi connectivity index (χ4n) is 3.84. The molecule has 0 aliphatic carbocycles. The standard InChI is InChI=1S/C20H32FN5OS/c1-3-14(2)15-12-23-20(24-19(15)22)28-13-18(27)26-10-8-25(9-11-26)17-7-5-4-6-16(17)21/h4-7,14-15,19-20,23-24H,3,8-13,22H2,1-2H3. The first kappa shape index (κ1) is 21.4. The summed E-state index contributed by atoms with van der Waals surface area (Å²) < 4.78 is 13.9. The highest BCUT2D eigenvalue weighted by Gasteiger charge is 2.31. The number of hydrogen-bond acceptors (Lipinski definition) is 6. The minimum absolute atomic E-state index is 0.000963. The maximum Gasteiger partial charge on any atom is 0.232 e. The Morgan fingerprint density at radius 1 is 1.32 bits per heavy atom. The summed E-state index contributed by atoms with van der Waals surface area (Å²) in [7, 11) is 0. The molecule has 2 aliphatic heterocycles. The molecule has 1 amide bonds. The molecule has 3 rings (SSSR count). The predicted molar refractivity (Wildman–Crippen MR) is 113 cm³/mol. The molecule has 2 saturated heterocycles. The lowest BCUT2D eigenvalue weighted by Crippen LogP contribution is -2.62. The van der Waals surface area contributed by atoms with Crippen LogP contribution in [0.1, 0.15) is 20.3 Å². The number of anilines is 1. The van der Waals surface area contributed by atoms with Gasteiger partial charge in [-0.05, 0) is 18.1 Å². The monoisotopic (exact) mass is 409 g/mol. The van der Waals surface area contributed by atoms with Gasteiger partial charge in [-0.25, -0.2) is 4.39 Å². The van der Waals surface area contributed by atoms with Gasteiger partial charge < -0.3 is 15.5 Å². The zero-order valence-electron chi connectivity index (χ0n) is 16.7. The molecule has 156 valence electrons. The first-order chi connectivity index (χ1) is 13.5. The molecule has 8 heteroatoms. The van der Waals surface area contributed by atoms with E-state index < -0.39 is 0 Å². The van der Waals surface area contributed by atoms with Gasteiger partial charge >= 0.3 is 0 Å². The van der Waals surface area contributed by atoms with Gasteiger partial charge in [0.1, 0.15) is 11.3 Å². The normalized spacial score (nSPS) is 26.9. The van der Waals surface area contributed by atoms with Gasteiger partial charge in [0.25, 0.3) is 0 Å². The molecule has 0 saturated carbocycles. The fraction of sp³-hybridized carbons (Fsp3) is 0.650. The van der Waals surface area contributed by atoms with E-state index in [0.29, 0.717) is 49.5 Å². The lowest BCUT2D eigenvalue weighted by molar-refractivity contribution is -0.128. The number of hydrogen-bond donors (Lipinski definition) is 3. The topological polar surface area (TPSA) is 73.6 Å². The maximum absolute atomic E-state index is 13.9. The number of thioether (sulfide) groups is 1. The van der Waals surface area contributed by atoms with Crippen LogP contribution >= 0.6 is 11.8 Å². The number of carbonyl (C=O) groups excluding carboxylic acids is 1. The highest BCUT2D eigenvalue weighted by molar-refractivity contribution is 8.00. The molecule has 2 heterocycles. The summed E-state index contributed by atoms with van der Waals surface area (Å²) >= 11 is 1.56. The lowest BCUT2D eigenvalue weighted by Gasteiger charge is -2.39. The first-order valence-electron chi connectivity index (χ1n) is 10.1. The molecule has 1 aromatic rings. The van der Waals surface area contributed by atoms with Crippen LogP contribution in [0.3, 0.4) is 0 Å². The fourth-order valence-corrected chi connectivity index (χ4v) is 4.80. The highest BCUT2D eigenvalue weighted by Crippen LogP contribution is 2.23. The van der Waals surface area contributed by atoms with Crippen LogP contribution in [-0.2, 0) is 4.79 Å². The van der Waals surface area contributed by atoms with Crippen LogP contribution in [0.25, 0.3) is 0 Å². The smallest absolute Gasteiger partial charge is 0.232 e. The van der Waals surface area contributed by atoms with E-state index in [1.807, 2.05) is 15.9 Å². The van der Waals surface area contributed by atoms with Gasteiger partial charge in [-0.1, -0.05) is 32.4 Å². The number of piperazine rings is 1. The zero-order chi connectivity index (χ0) is 20.1. The van der Waals surface area contributed by atoms with E-state index in [1.54, 1.807) is 23.9 Å². The molecule has 0 bridgehead atoms. The number of rotatable bonds is 6. The average molecular weight is 410 g/mol. The average Bonchev–Trinajstić information content (AvgIpc) is 2.72. The second-order valence-corrected chi connectivity index (χ2v) is 8.75. The summed E-state index contributed by atoms with van der Waals surface area (Å²) in [6.45, 7) is 7.83. The van der Waals surface area contributed by atoms with Gasteiger partial charge in [0.15, 0.2) is 0 Å². The SMILES string of the molecule is CCC(C)C1CNC(SCC(=O)N2CCN(c3ccccc3F)CC2)NC1N. The zero-order valence-corrected chi connectivity index (χ0v) is 17.6.